The minimum absolute atomic E-state index is 0.0428. The van der Waals surface area contributed by atoms with Crippen LogP contribution >= 0.6 is 0 Å². The van der Waals surface area contributed by atoms with Crippen LogP contribution in [0.3, 0.4) is 0 Å². The van der Waals surface area contributed by atoms with Gasteiger partial charge in [0, 0.05) is 44.7 Å². The first-order valence-corrected chi connectivity index (χ1v) is 14.4. The number of amides is 1. The van der Waals surface area contributed by atoms with Gasteiger partial charge in [0.1, 0.15) is 5.82 Å². The van der Waals surface area contributed by atoms with E-state index in [9.17, 15) is 4.79 Å². The van der Waals surface area contributed by atoms with Crippen molar-refractivity contribution in [1.29, 1.82) is 0 Å². The molecule has 1 aliphatic heterocycles. The molecule has 4 aromatic rings. The van der Waals surface area contributed by atoms with Crippen LogP contribution in [0.15, 0.2) is 84.9 Å². The highest BCUT2D eigenvalue weighted by atomic mass is 16.2. The fourth-order valence-electron chi connectivity index (χ4n) is 6.12. The first-order chi connectivity index (χ1) is 19.5. The Labute approximate surface area is 236 Å². The Morgan fingerprint density at radius 3 is 2.00 bits per heavy atom. The fraction of sp³-hybridized carbons (Fsp3) is 0.364. The number of anilines is 2. The number of benzene rings is 3. The third kappa shape index (κ3) is 5.65. The molecule has 1 aromatic heterocycles. The molecule has 6 rings (SSSR count). The molecular formula is C33H38N6O. The largest absolute Gasteiger partial charge is 0.362 e. The van der Waals surface area contributed by atoms with Crippen molar-refractivity contribution < 1.29 is 4.79 Å². The predicted octanol–water partition coefficient (Wildman–Crippen LogP) is 5.26. The summed E-state index contributed by atoms with van der Waals surface area (Å²) < 4.78 is 0. The van der Waals surface area contributed by atoms with E-state index in [4.69, 9.17) is 9.97 Å². The summed E-state index contributed by atoms with van der Waals surface area (Å²) in [7, 11) is 4.02. The summed E-state index contributed by atoms with van der Waals surface area (Å²) in [4.78, 5) is 27.2. The predicted molar refractivity (Wildman–Crippen MR) is 161 cm³/mol. The van der Waals surface area contributed by atoms with Gasteiger partial charge in [-0.05, 0) is 48.9 Å². The smallest absolute Gasteiger partial charge is 0.225 e. The monoisotopic (exact) mass is 534 g/mol. The van der Waals surface area contributed by atoms with E-state index < -0.39 is 0 Å². The number of hydrogen-bond acceptors (Lipinski definition) is 6. The summed E-state index contributed by atoms with van der Waals surface area (Å²) in [6.07, 6.45) is 3.90. The molecule has 2 fully saturated rings. The van der Waals surface area contributed by atoms with Crippen molar-refractivity contribution in [3.8, 4) is 0 Å². The highest BCUT2D eigenvalue weighted by Gasteiger charge is 2.38. The summed E-state index contributed by atoms with van der Waals surface area (Å²) >= 11 is 0. The number of carbonyl (C=O) groups excluding carboxylic acids is 1. The molecule has 3 aromatic carbocycles. The van der Waals surface area contributed by atoms with Gasteiger partial charge < -0.3 is 15.5 Å². The second-order valence-corrected chi connectivity index (χ2v) is 11.4. The Morgan fingerprint density at radius 2 is 1.38 bits per heavy atom. The van der Waals surface area contributed by atoms with Crippen molar-refractivity contribution in [2.24, 2.45) is 5.92 Å². The SMILES string of the molecule is CN(C)c1nc(NC2CCC(NC(=O)C3CN(C(c4ccccc4)c4ccccc4)C3)CC2)nc2ccccc12. The Balaban J connectivity index is 1.02. The molecule has 2 heterocycles. The minimum atomic E-state index is 0.0428. The van der Waals surface area contributed by atoms with Gasteiger partial charge in [-0.2, -0.15) is 4.98 Å². The van der Waals surface area contributed by atoms with Gasteiger partial charge in [0.25, 0.3) is 0 Å². The Morgan fingerprint density at radius 1 is 0.800 bits per heavy atom. The lowest BCUT2D eigenvalue weighted by atomic mass is 9.88. The molecular weight excluding hydrogens is 496 g/mol. The zero-order valence-electron chi connectivity index (χ0n) is 23.3. The Hall–Kier alpha value is -3.97. The number of hydrogen-bond donors (Lipinski definition) is 2. The summed E-state index contributed by atoms with van der Waals surface area (Å²) in [5.41, 5.74) is 3.49. The number of likely N-dealkylation sites (tertiary alicyclic amines) is 1. The molecule has 0 radical (unpaired) electrons. The Kier molecular flexibility index (Phi) is 7.64. The van der Waals surface area contributed by atoms with Gasteiger partial charge >= 0.3 is 0 Å². The van der Waals surface area contributed by atoms with Gasteiger partial charge in [-0.15, -0.1) is 0 Å². The zero-order chi connectivity index (χ0) is 27.5. The van der Waals surface area contributed by atoms with Gasteiger partial charge in [0.2, 0.25) is 11.9 Å². The van der Waals surface area contributed by atoms with Crippen LogP contribution in [0.2, 0.25) is 0 Å². The number of para-hydroxylation sites is 1. The van der Waals surface area contributed by atoms with Crippen LogP contribution in [0, 0.1) is 5.92 Å². The third-order valence-corrected chi connectivity index (χ3v) is 8.29. The second-order valence-electron chi connectivity index (χ2n) is 11.4. The third-order valence-electron chi connectivity index (χ3n) is 8.29. The van der Waals surface area contributed by atoms with Gasteiger partial charge in [-0.1, -0.05) is 72.8 Å². The molecule has 0 bridgehead atoms. The lowest BCUT2D eigenvalue weighted by molar-refractivity contribution is -0.132. The highest BCUT2D eigenvalue weighted by molar-refractivity contribution is 5.90. The average Bonchev–Trinajstić information content (AvgIpc) is 2.96. The van der Waals surface area contributed by atoms with Crippen LogP contribution in [0.25, 0.3) is 10.9 Å². The van der Waals surface area contributed by atoms with E-state index in [1.54, 1.807) is 0 Å². The minimum Gasteiger partial charge on any atom is -0.362 e. The van der Waals surface area contributed by atoms with Crippen molar-refractivity contribution in [3.63, 3.8) is 0 Å². The van der Waals surface area contributed by atoms with Gasteiger partial charge in [-0.25, -0.2) is 4.98 Å². The molecule has 7 nitrogen and oxygen atoms in total. The number of carbonyl (C=O) groups is 1. The van der Waals surface area contributed by atoms with E-state index in [1.165, 1.54) is 11.1 Å². The van der Waals surface area contributed by atoms with Crippen molar-refractivity contribution in [2.45, 2.75) is 43.8 Å². The molecule has 1 aliphatic carbocycles. The van der Waals surface area contributed by atoms with Crippen LogP contribution in [0.5, 0.6) is 0 Å². The standard InChI is InChI=1S/C33H38N6O/c1-38(2)31-28-15-9-10-16-29(28)36-33(37-31)35-27-19-17-26(18-20-27)34-32(40)25-21-39(22-25)30(23-11-5-3-6-12-23)24-13-7-4-8-14-24/h3-16,25-27,30H,17-22H2,1-2H3,(H,34,40)(H,35,36,37). The number of fused-ring (bicyclic) bond motifs is 1. The summed E-state index contributed by atoms with van der Waals surface area (Å²) in [5.74, 6) is 1.84. The van der Waals surface area contributed by atoms with Crippen molar-refractivity contribution in [1.82, 2.24) is 20.2 Å². The first kappa shape index (κ1) is 26.3. The molecule has 1 amide bonds. The van der Waals surface area contributed by atoms with Gasteiger partial charge in [0.05, 0.1) is 17.5 Å². The molecule has 0 spiro atoms. The Bertz CT molecular complexity index is 1390. The fourth-order valence-corrected chi connectivity index (χ4v) is 6.12. The molecule has 2 aliphatic rings. The number of nitrogens with zero attached hydrogens (tertiary/aromatic N) is 4. The molecule has 2 N–H and O–H groups in total. The number of aromatic nitrogens is 2. The number of nitrogens with one attached hydrogen (secondary N) is 2. The molecule has 7 heteroatoms. The topological polar surface area (TPSA) is 73.4 Å². The van der Waals surface area contributed by atoms with Gasteiger partial charge in [0.15, 0.2) is 0 Å². The van der Waals surface area contributed by atoms with E-state index in [-0.39, 0.29) is 23.9 Å². The van der Waals surface area contributed by atoms with Crippen molar-refractivity contribution in [3.05, 3.63) is 96.1 Å². The summed E-state index contributed by atoms with van der Waals surface area (Å²) in [5, 5.41) is 7.98. The second kappa shape index (κ2) is 11.6. The van der Waals surface area contributed by atoms with E-state index >= 15 is 0 Å². The van der Waals surface area contributed by atoms with Crippen LogP contribution < -0.4 is 15.5 Å². The quantitative estimate of drug-likeness (QED) is 0.321. The average molecular weight is 535 g/mol. The molecule has 1 saturated heterocycles. The normalized spacial score (nSPS) is 19.8. The van der Waals surface area contributed by atoms with Crippen LogP contribution in [0.4, 0.5) is 11.8 Å². The molecule has 0 atom stereocenters. The molecule has 40 heavy (non-hydrogen) atoms. The first-order valence-electron chi connectivity index (χ1n) is 14.4. The van der Waals surface area contributed by atoms with Crippen LogP contribution in [0.1, 0.15) is 42.9 Å². The molecule has 0 unspecified atom stereocenters. The molecule has 206 valence electrons. The number of rotatable bonds is 8. The van der Waals surface area contributed by atoms with Crippen LogP contribution in [-0.4, -0.2) is 60.0 Å². The van der Waals surface area contributed by atoms with E-state index in [0.29, 0.717) is 12.0 Å². The maximum atomic E-state index is 13.2. The summed E-state index contributed by atoms with van der Waals surface area (Å²) in [6.45, 7) is 1.56. The van der Waals surface area contributed by atoms with E-state index in [1.807, 2.05) is 37.2 Å². The van der Waals surface area contributed by atoms with Crippen molar-refractivity contribution >= 4 is 28.6 Å². The highest BCUT2D eigenvalue weighted by Crippen LogP contribution is 2.34. The van der Waals surface area contributed by atoms with E-state index in [0.717, 1.165) is 55.5 Å². The lowest BCUT2D eigenvalue weighted by Crippen LogP contribution is -2.56. The summed E-state index contributed by atoms with van der Waals surface area (Å²) in [6, 6.07) is 30.0. The maximum absolute atomic E-state index is 13.2. The molecule has 1 saturated carbocycles. The van der Waals surface area contributed by atoms with Crippen LogP contribution in [-0.2, 0) is 4.79 Å². The lowest BCUT2D eigenvalue weighted by Gasteiger charge is -2.44. The maximum Gasteiger partial charge on any atom is 0.225 e. The zero-order valence-corrected chi connectivity index (χ0v) is 23.3. The van der Waals surface area contributed by atoms with Gasteiger partial charge in [-0.3, -0.25) is 9.69 Å². The van der Waals surface area contributed by atoms with Crippen molar-refractivity contribution in [2.75, 3.05) is 37.4 Å². The van der Waals surface area contributed by atoms with E-state index in [2.05, 4.69) is 82.3 Å².